The maximum atomic E-state index is 12.2. The molecule has 0 atom stereocenters. The van der Waals surface area contributed by atoms with E-state index in [-0.39, 0.29) is 5.91 Å². The van der Waals surface area contributed by atoms with Crippen molar-refractivity contribution in [3.8, 4) is 5.75 Å². The molecule has 1 aromatic carbocycles. The van der Waals surface area contributed by atoms with Crippen molar-refractivity contribution < 1.29 is 9.53 Å². The van der Waals surface area contributed by atoms with E-state index in [1.807, 2.05) is 50.2 Å². The van der Waals surface area contributed by atoms with Gasteiger partial charge in [0.1, 0.15) is 11.6 Å². The van der Waals surface area contributed by atoms with Crippen LogP contribution in [0.5, 0.6) is 5.75 Å². The lowest BCUT2D eigenvalue weighted by molar-refractivity contribution is -0.115. The van der Waals surface area contributed by atoms with Gasteiger partial charge in [-0.05, 0) is 43.7 Å². The van der Waals surface area contributed by atoms with E-state index in [0.717, 1.165) is 11.3 Å². The topological polar surface area (TPSA) is 68.5 Å². The van der Waals surface area contributed by atoms with Gasteiger partial charge in [-0.15, -0.1) is 0 Å². The Morgan fingerprint density at radius 3 is 2.78 bits per heavy atom. The van der Waals surface area contributed by atoms with Crippen LogP contribution in [0.2, 0.25) is 0 Å². The summed E-state index contributed by atoms with van der Waals surface area (Å²) in [5, 5.41) is 7.13. The zero-order valence-corrected chi connectivity index (χ0v) is 13.1. The number of hydrogen-bond donors (Lipinski definition) is 1. The second-order valence-electron chi connectivity index (χ2n) is 5.15. The van der Waals surface area contributed by atoms with Crippen LogP contribution in [0.25, 0.3) is 5.65 Å². The third-order valence-corrected chi connectivity index (χ3v) is 3.34. The van der Waals surface area contributed by atoms with Crippen LogP contribution in [-0.2, 0) is 11.2 Å². The summed E-state index contributed by atoms with van der Waals surface area (Å²) in [5.74, 6) is 1.38. The lowest BCUT2D eigenvalue weighted by Crippen LogP contribution is -2.15. The molecule has 6 nitrogen and oxygen atoms in total. The van der Waals surface area contributed by atoms with Crippen molar-refractivity contribution in [2.75, 3.05) is 11.9 Å². The number of fused-ring (bicyclic) bond motifs is 1. The van der Waals surface area contributed by atoms with Crippen molar-refractivity contribution in [2.24, 2.45) is 0 Å². The van der Waals surface area contributed by atoms with E-state index < -0.39 is 0 Å². The number of aromatic nitrogens is 3. The number of pyridine rings is 1. The molecule has 0 unspecified atom stereocenters. The van der Waals surface area contributed by atoms with Crippen molar-refractivity contribution in [1.29, 1.82) is 0 Å². The lowest BCUT2D eigenvalue weighted by atomic mass is 10.1. The number of anilines is 1. The van der Waals surface area contributed by atoms with Gasteiger partial charge in [0.15, 0.2) is 5.65 Å². The summed E-state index contributed by atoms with van der Waals surface area (Å²) in [6.07, 6.45) is 2.10. The normalized spacial score (nSPS) is 10.7. The predicted octanol–water partition coefficient (Wildman–Crippen LogP) is 2.62. The van der Waals surface area contributed by atoms with Gasteiger partial charge < -0.3 is 10.1 Å². The molecule has 23 heavy (non-hydrogen) atoms. The Labute approximate surface area is 134 Å². The number of hydrogen-bond acceptors (Lipinski definition) is 4. The minimum absolute atomic E-state index is 0.0945. The van der Waals surface area contributed by atoms with Gasteiger partial charge >= 0.3 is 0 Å². The van der Waals surface area contributed by atoms with Crippen LogP contribution >= 0.6 is 0 Å². The Morgan fingerprint density at radius 1 is 1.26 bits per heavy atom. The van der Waals surface area contributed by atoms with Crippen molar-refractivity contribution in [1.82, 2.24) is 14.6 Å². The number of carbonyl (C=O) groups excluding carboxylic acids is 1. The highest BCUT2D eigenvalue weighted by molar-refractivity contribution is 5.95. The van der Waals surface area contributed by atoms with Crippen molar-refractivity contribution in [3.05, 3.63) is 54.0 Å². The van der Waals surface area contributed by atoms with Crippen molar-refractivity contribution in [3.63, 3.8) is 0 Å². The minimum Gasteiger partial charge on any atom is -0.494 e. The first-order valence-electron chi connectivity index (χ1n) is 7.49. The molecule has 118 valence electrons. The number of ether oxygens (including phenoxy) is 1. The SMILES string of the molecule is CCOc1ccc(CC(=O)Nc2cccn3nc(C)nc23)cc1. The van der Waals surface area contributed by atoms with E-state index in [1.54, 1.807) is 10.7 Å². The second kappa shape index (κ2) is 6.48. The van der Waals surface area contributed by atoms with Gasteiger partial charge in [-0.2, -0.15) is 5.10 Å². The first-order chi connectivity index (χ1) is 11.2. The summed E-state index contributed by atoms with van der Waals surface area (Å²) in [7, 11) is 0. The van der Waals surface area contributed by atoms with Gasteiger partial charge in [0.2, 0.25) is 5.91 Å². The molecule has 0 saturated heterocycles. The monoisotopic (exact) mass is 310 g/mol. The molecule has 0 aliphatic heterocycles. The summed E-state index contributed by atoms with van der Waals surface area (Å²) in [4.78, 5) is 16.6. The van der Waals surface area contributed by atoms with Gasteiger partial charge in [0.05, 0.1) is 18.7 Å². The number of nitrogens with zero attached hydrogens (tertiary/aromatic N) is 3. The second-order valence-corrected chi connectivity index (χ2v) is 5.15. The van der Waals surface area contributed by atoms with E-state index in [0.29, 0.717) is 30.2 Å². The van der Waals surface area contributed by atoms with E-state index >= 15 is 0 Å². The molecular formula is C17H18N4O2. The summed E-state index contributed by atoms with van der Waals surface area (Å²) >= 11 is 0. The molecule has 0 spiro atoms. The molecule has 6 heteroatoms. The standard InChI is InChI=1S/C17H18N4O2/c1-3-23-14-8-6-13(7-9-14)11-16(22)19-15-5-4-10-21-17(15)18-12(2)20-21/h4-10H,3,11H2,1-2H3,(H,19,22). The van der Waals surface area contributed by atoms with E-state index in [1.165, 1.54) is 0 Å². The van der Waals surface area contributed by atoms with Crippen LogP contribution in [0.1, 0.15) is 18.3 Å². The van der Waals surface area contributed by atoms with E-state index in [9.17, 15) is 4.79 Å². The Bertz CT molecular complexity index is 824. The fourth-order valence-electron chi connectivity index (χ4n) is 2.36. The summed E-state index contributed by atoms with van der Waals surface area (Å²) in [6.45, 7) is 4.38. The first-order valence-corrected chi connectivity index (χ1v) is 7.49. The average Bonchev–Trinajstić information content (AvgIpc) is 2.91. The molecule has 0 aliphatic rings. The quantitative estimate of drug-likeness (QED) is 0.786. The van der Waals surface area contributed by atoms with Crippen LogP contribution in [-0.4, -0.2) is 27.1 Å². The van der Waals surface area contributed by atoms with Gasteiger partial charge in [-0.1, -0.05) is 12.1 Å². The highest BCUT2D eigenvalue weighted by atomic mass is 16.5. The van der Waals surface area contributed by atoms with E-state index in [4.69, 9.17) is 4.74 Å². The smallest absolute Gasteiger partial charge is 0.228 e. The fraction of sp³-hybridized carbons (Fsp3) is 0.235. The third-order valence-electron chi connectivity index (χ3n) is 3.34. The van der Waals surface area contributed by atoms with Crippen LogP contribution < -0.4 is 10.1 Å². The molecule has 0 fully saturated rings. The number of rotatable bonds is 5. The zero-order valence-electron chi connectivity index (χ0n) is 13.1. The molecule has 2 heterocycles. The molecule has 2 aromatic heterocycles. The van der Waals surface area contributed by atoms with Crippen LogP contribution in [0, 0.1) is 6.92 Å². The molecular weight excluding hydrogens is 292 g/mol. The number of benzene rings is 1. The van der Waals surface area contributed by atoms with Crippen LogP contribution in [0.3, 0.4) is 0 Å². The molecule has 3 aromatic rings. The fourth-order valence-corrected chi connectivity index (χ4v) is 2.36. The van der Waals surface area contributed by atoms with Crippen molar-refractivity contribution >= 4 is 17.2 Å². The molecule has 1 amide bonds. The number of aryl methyl sites for hydroxylation is 1. The maximum absolute atomic E-state index is 12.2. The summed E-state index contributed by atoms with van der Waals surface area (Å²) in [5.41, 5.74) is 2.23. The third kappa shape index (κ3) is 3.48. The Balaban J connectivity index is 1.71. The van der Waals surface area contributed by atoms with Gasteiger partial charge in [0, 0.05) is 6.20 Å². The molecule has 0 bridgehead atoms. The largest absolute Gasteiger partial charge is 0.494 e. The van der Waals surface area contributed by atoms with Crippen LogP contribution in [0.4, 0.5) is 5.69 Å². The van der Waals surface area contributed by atoms with Gasteiger partial charge in [-0.3, -0.25) is 4.79 Å². The average molecular weight is 310 g/mol. The summed E-state index contributed by atoms with van der Waals surface area (Å²) in [6, 6.07) is 11.2. The molecule has 0 aliphatic carbocycles. The van der Waals surface area contributed by atoms with Gasteiger partial charge in [0.25, 0.3) is 0 Å². The Hall–Kier alpha value is -2.89. The molecule has 0 saturated carbocycles. The van der Waals surface area contributed by atoms with Gasteiger partial charge in [-0.25, -0.2) is 9.50 Å². The zero-order chi connectivity index (χ0) is 16.2. The highest BCUT2D eigenvalue weighted by Crippen LogP contribution is 2.16. The Kier molecular flexibility index (Phi) is 4.23. The van der Waals surface area contributed by atoms with Crippen molar-refractivity contribution in [2.45, 2.75) is 20.3 Å². The number of nitrogens with one attached hydrogen (secondary N) is 1. The molecule has 1 N–H and O–H groups in total. The maximum Gasteiger partial charge on any atom is 0.228 e. The van der Waals surface area contributed by atoms with E-state index in [2.05, 4.69) is 15.4 Å². The summed E-state index contributed by atoms with van der Waals surface area (Å²) < 4.78 is 7.05. The predicted molar refractivity (Wildman–Crippen MR) is 87.7 cm³/mol. The lowest BCUT2D eigenvalue weighted by Gasteiger charge is -2.07. The molecule has 3 rings (SSSR count). The Morgan fingerprint density at radius 2 is 2.04 bits per heavy atom. The van der Waals surface area contributed by atoms with Crippen LogP contribution in [0.15, 0.2) is 42.6 Å². The number of carbonyl (C=O) groups is 1. The highest BCUT2D eigenvalue weighted by Gasteiger charge is 2.09. The number of amides is 1. The molecule has 0 radical (unpaired) electrons. The minimum atomic E-state index is -0.0945. The first kappa shape index (κ1) is 15.0.